The van der Waals surface area contributed by atoms with Gasteiger partial charge in [-0.1, -0.05) is 49.1 Å². The first kappa shape index (κ1) is 23.4. The molecule has 4 rings (SSSR count). The van der Waals surface area contributed by atoms with Gasteiger partial charge in [0.15, 0.2) is 0 Å². The summed E-state index contributed by atoms with van der Waals surface area (Å²) in [5.74, 6) is 0.00524. The highest BCUT2D eigenvalue weighted by atomic mass is 35.5. The third-order valence-electron chi connectivity index (χ3n) is 6.70. The fraction of sp³-hybridized carbons (Fsp3) is 0.407. The van der Waals surface area contributed by atoms with Crippen LogP contribution in [0.4, 0.5) is 0 Å². The molecule has 0 aromatic carbocycles. The second-order valence-electron chi connectivity index (χ2n) is 8.98. The highest BCUT2D eigenvalue weighted by Gasteiger charge is 2.36. The highest BCUT2D eigenvalue weighted by Crippen LogP contribution is 2.35. The summed E-state index contributed by atoms with van der Waals surface area (Å²) in [6.45, 7) is 2.51. The molecule has 1 unspecified atom stereocenters. The summed E-state index contributed by atoms with van der Waals surface area (Å²) in [5.41, 5.74) is 4.36. The quantitative estimate of drug-likeness (QED) is 0.426. The summed E-state index contributed by atoms with van der Waals surface area (Å²) in [4.78, 5) is 36.3. The van der Waals surface area contributed by atoms with Gasteiger partial charge in [-0.15, -0.1) is 0 Å². The molecule has 1 saturated carbocycles. The lowest BCUT2D eigenvalue weighted by Crippen LogP contribution is -2.47. The van der Waals surface area contributed by atoms with Gasteiger partial charge in [0.25, 0.3) is 5.91 Å². The molecule has 0 spiro atoms. The summed E-state index contributed by atoms with van der Waals surface area (Å²) >= 11 is 5.96. The molecule has 0 bridgehead atoms. The average Bonchev–Trinajstić information content (AvgIpc) is 2.82. The van der Waals surface area contributed by atoms with Crippen molar-refractivity contribution < 1.29 is 9.59 Å². The van der Waals surface area contributed by atoms with Crippen LogP contribution in [-0.4, -0.2) is 39.6 Å². The Morgan fingerprint density at radius 1 is 1.09 bits per heavy atom. The van der Waals surface area contributed by atoms with Gasteiger partial charge in [0, 0.05) is 48.6 Å². The maximum absolute atomic E-state index is 13.9. The van der Waals surface area contributed by atoms with E-state index < -0.39 is 0 Å². The van der Waals surface area contributed by atoms with Crippen LogP contribution in [-0.2, 0) is 11.2 Å². The number of aryl methyl sites for hydroxylation is 1. The summed E-state index contributed by atoms with van der Waals surface area (Å²) in [7, 11) is 0. The molecule has 0 N–H and O–H groups in total. The molecule has 2 aromatic rings. The molecule has 1 amide bonds. The number of aldehydes is 1. The van der Waals surface area contributed by atoms with Gasteiger partial charge in [-0.05, 0) is 61.1 Å². The number of hydrogen-bond acceptors (Lipinski definition) is 4. The minimum Gasteiger partial charge on any atom is -0.335 e. The van der Waals surface area contributed by atoms with Crippen LogP contribution in [0.25, 0.3) is 0 Å². The Kier molecular flexibility index (Phi) is 7.71. The third kappa shape index (κ3) is 5.59. The molecular weight excluding hydrogens is 434 g/mol. The average molecular weight is 464 g/mol. The summed E-state index contributed by atoms with van der Waals surface area (Å²) in [6.07, 6.45) is 11.1. The zero-order valence-corrected chi connectivity index (χ0v) is 19.8. The number of carbonyl (C=O) groups excluding carboxylic acids is 2. The van der Waals surface area contributed by atoms with Crippen molar-refractivity contribution in [2.75, 3.05) is 6.54 Å². The van der Waals surface area contributed by atoms with Crippen LogP contribution in [0, 0.1) is 6.92 Å². The largest absolute Gasteiger partial charge is 0.335 e. The van der Waals surface area contributed by atoms with Crippen molar-refractivity contribution in [2.45, 2.75) is 63.8 Å². The van der Waals surface area contributed by atoms with Crippen LogP contribution in [0.2, 0.25) is 5.15 Å². The first-order valence-corrected chi connectivity index (χ1v) is 12.1. The molecule has 1 atom stereocenters. The van der Waals surface area contributed by atoms with E-state index in [-0.39, 0.29) is 17.9 Å². The van der Waals surface area contributed by atoms with Crippen LogP contribution in [0.1, 0.15) is 77.2 Å². The van der Waals surface area contributed by atoms with E-state index in [0.717, 1.165) is 54.4 Å². The Bertz CT molecular complexity index is 1060. The lowest BCUT2D eigenvalue weighted by atomic mass is 9.84. The molecule has 6 heteroatoms. The molecule has 1 aliphatic carbocycles. The first-order chi connectivity index (χ1) is 16.1. The Balaban J connectivity index is 1.85. The van der Waals surface area contributed by atoms with Crippen molar-refractivity contribution in [2.24, 2.45) is 0 Å². The van der Waals surface area contributed by atoms with Crippen molar-refractivity contribution in [1.82, 2.24) is 14.9 Å². The number of aromatic nitrogens is 2. The van der Waals surface area contributed by atoms with Gasteiger partial charge >= 0.3 is 0 Å². The van der Waals surface area contributed by atoms with E-state index in [2.05, 4.69) is 9.97 Å². The van der Waals surface area contributed by atoms with Gasteiger partial charge in [0.1, 0.15) is 11.4 Å². The number of amides is 1. The fourth-order valence-electron chi connectivity index (χ4n) is 5.09. The van der Waals surface area contributed by atoms with Gasteiger partial charge in [-0.25, -0.2) is 4.98 Å². The molecule has 1 aliphatic heterocycles. The molecule has 0 saturated heterocycles. The van der Waals surface area contributed by atoms with Gasteiger partial charge in [0.05, 0.1) is 0 Å². The topological polar surface area (TPSA) is 63.2 Å². The smallest absolute Gasteiger partial charge is 0.254 e. The molecule has 33 heavy (non-hydrogen) atoms. The van der Waals surface area contributed by atoms with Crippen molar-refractivity contribution >= 4 is 23.8 Å². The summed E-state index contributed by atoms with van der Waals surface area (Å²) in [6, 6.07) is 11.8. The zero-order chi connectivity index (χ0) is 23.2. The molecular formula is C27H30ClN3O2. The van der Waals surface area contributed by atoms with Gasteiger partial charge in [-0.2, -0.15) is 0 Å². The van der Waals surface area contributed by atoms with Crippen LogP contribution in [0.5, 0.6) is 0 Å². The zero-order valence-electron chi connectivity index (χ0n) is 19.0. The van der Waals surface area contributed by atoms with E-state index in [1.807, 2.05) is 42.2 Å². The van der Waals surface area contributed by atoms with Crippen LogP contribution < -0.4 is 0 Å². The molecule has 1 fully saturated rings. The fourth-order valence-corrected chi connectivity index (χ4v) is 5.20. The number of hydrogen-bond donors (Lipinski definition) is 0. The maximum Gasteiger partial charge on any atom is 0.254 e. The number of pyridine rings is 1. The minimum atomic E-state index is -0.0487. The Morgan fingerprint density at radius 3 is 2.64 bits per heavy atom. The molecule has 0 radical (unpaired) electrons. The summed E-state index contributed by atoms with van der Waals surface area (Å²) in [5, 5.41) is 0.455. The van der Waals surface area contributed by atoms with E-state index in [9.17, 15) is 9.59 Å². The van der Waals surface area contributed by atoms with Crippen molar-refractivity contribution in [3.05, 3.63) is 81.9 Å². The first-order valence-electron chi connectivity index (χ1n) is 11.7. The van der Waals surface area contributed by atoms with E-state index >= 15 is 0 Å². The number of fused-ring (bicyclic) bond motifs is 1. The SMILES string of the molecule is Cc1nccccc(Cc2ccc(Cl)nc2)cc2c1C(CC=O)CN(C1CCCCC1)C2=O. The molecule has 172 valence electrons. The van der Waals surface area contributed by atoms with Crippen LogP contribution in [0.15, 0.2) is 48.8 Å². The highest BCUT2D eigenvalue weighted by molar-refractivity contribution is 6.29. The van der Waals surface area contributed by atoms with E-state index in [0.29, 0.717) is 30.1 Å². The Morgan fingerprint density at radius 2 is 1.91 bits per heavy atom. The number of rotatable bonds is 5. The van der Waals surface area contributed by atoms with Crippen molar-refractivity contribution in [1.29, 1.82) is 0 Å². The molecule has 3 heterocycles. The minimum absolute atomic E-state index is 0.0487. The third-order valence-corrected chi connectivity index (χ3v) is 6.92. The van der Waals surface area contributed by atoms with Gasteiger partial charge in [-0.3, -0.25) is 9.78 Å². The second kappa shape index (κ2) is 10.9. The normalized spacial score (nSPS) is 18.4. The Labute approximate surface area is 200 Å². The molecule has 5 nitrogen and oxygen atoms in total. The standard InChI is InChI=1S/C27H30ClN3O2/c1-19-26-22(12-14-32)18-31(23-8-3-2-4-9-23)27(33)24(26)16-20(7-5-6-13-29-19)15-21-10-11-25(28)30-17-21/h5-7,10-11,13-14,16-17,22-23H,2-4,8-9,12,15,18H2,1H3. The van der Waals surface area contributed by atoms with Crippen molar-refractivity contribution in [3.63, 3.8) is 0 Å². The van der Waals surface area contributed by atoms with E-state index in [1.165, 1.54) is 6.42 Å². The predicted octanol–water partition coefficient (Wildman–Crippen LogP) is 5.61. The second-order valence-corrected chi connectivity index (χ2v) is 9.36. The van der Waals surface area contributed by atoms with E-state index in [4.69, 9.17) is 11.6 Å². The molecule has 2 aromatic heterocycles. The lowest BCUT2D eigenvalue weighted by molar-refractivity contribution is -0.108. The van der Waals surface area contributed by atoms with Gasteiger partial charge < -0.3 is 9.69 Å². The number of carbonyl (C=O) groups is 2. The van der Waals surface area contributed by atoms with Crippen LogP contribution >= 0.6 is 11.6 Å². The van der Waals surface area contributed by atoms with Crippen molar-refractivity contribution in [3.8, 4) is 0 Å². The van der Waals surface area contributed by atoms with Gasteiger partial charge in [0.2, 0.25) is 0 Å². The summed E-state index contributed by atoms with van der Waals surface area (Å²) < 4.78 is 0. The number of halogens is 1. The predicted molar refractivity (Wildman–Crippen MR) is 130 cm³/mol. The Hall–Kier alpha value is -2.79. The van der Waals surface area contributed by atoms with Crippen LogP contribution in [0.3, 0.4) is 0 Å². The lowest BCUT2D eigenvalue weighted by Gasteiger charge is -2.40. The number of nitrogens with zero attached hydrogens (tertiary/aromatic N) is 3. The monoisotopic (exact) mass is 463 g/mol. The maximum atomic E-state index is 13.9. The molecule has 2 aliphatic rings. The van der Waals surface area contributed by atoms with E-state index in [1.54, 1.807) is 18.5 Å².